The van der Waals surface area contributed by atoms with Crippen molar-refractivity contribution in [2.45, 2.75) is 13.8 Å². The number of nitro groups is 1. The highest BCUT2D eigenvalue weighted by molar-refractivity contribution is 5.57. The summed E-state index contributed by atoms with van der Waals surface area (Å²) in [7, 11) is 0. The number of benzene rings is 1. The zero-order valence-corrected chi connectivity index (χ0v) is 8.82. The molecular weight excluding hydrogens is 196 g/mol. The number of rotatable bonds is 5. The summed E-state index contributed by atoms with van der Waals surface area (Å²) in [6.07, 6.45) is 0. The smallest absolute Gasteiger partial charge is 0.311 e. The molecular formula is C10H14N2O3. The fourth-order valence-corrected chi connectivity index (χ4v) is 1.25. The molecule has 0 radical (unpaired) electrons. The predicted molar refractivity (Wildman–Crippen MR) is 58.4 cm³/mol. The minimum Gasteiger partial charge on any atom is -0.487 e. The van der Waals surface area contributed by atoms with E-state index in [2.05, 4.69) is 5.32 Å². The van der Waals surface area contributed by atoms with Crippen molar-refractivity contribution in [1.29, 1.82) is 0 Å². The van der Waals surface area contributed by atoms with E-state index in [-0.39, 0.29) is 5.69 Å². The molecule has 0 aromatic heterocycles. The topological polar surface area (TPSA) is 64.4 Å². The van der Waals surface area contributed by atoms with Crippen molar-refractivity contribution in [2.75, 3.05) is 18.5 Å². The average molecular weight is 210 g/mol. The van der Waals surface area contributed by atoms with E-state index in [1.807, 2.05) is 6.92 Å². The average Bonchev–Trinajstić information content (AvgIpc) is 2.18. The lowest BCUT2D eigenvalue weighted by Gasteiger charge is -2.07. The van der Waals surface area contributed by atoms with Crippen molar-refractivity contribution in [3.05, 3.63) is 28.3 Å². The number of nitrogens with one attached hydrogen (secondary N) is 1. The van der Waals surface area contributed by atoms with Crippen LogP contribution in [0.2, 0.25) is 0 Å². The molecule has 1 aromatic carbocycles. The zero-order valence-electron chi connectivity index (χ0n) is 8.82. The fraction of sp³-hybridized carbons (Fsp3) is 0.400. The first-order chi connectivity index (χ1) is 7.19. The van der Waals surface area contributed by atoms with Gasteiger partial charge in [-0.15, -0.1) is 0 Å². The number of anilines is 1. The standard InChI is InChI=1S/C10H14N2O3/c1-3-11-8-5-6-9(12(13)14)10(7-8)15-4-2/h5-7,11H,3-4H2,1-2H3. The van der Waals surface area contributed by atoms with Crippen molar-refractivity contribution < 1.29 is 9.66 Å². The van der Waals surface area contributed by atoms with Crippen molar-refractivity contribution >= 4 is 11.4 Å². The summed E-state index contributed by atoms with van der Waals surface area (Å²) in [4.78, 5) is 10.2. The number of ether oxygens (including phenoxy) is 1. The first-order valence-electron chi connectivity index (χ1n) is 4.84. The lowest BCUT2D eigenvalue weighted by molar-refractivity contribution is -0.385. The van der Waals surface area contributed by atoms with Crippen LogP contribution in [0.5, 0.6) is 5.75 Å². The summed E-state index contributed by atoms with van der Waals surface area (Å²) in [5.74, 6) is 0.306. The van der Waals surface area contributed by atoms with Gasteiger partial charge in [0.1, 0.15) is 0 Å². The molecule has 15 heavy (non-hydrogen) atoms. The second kappa shape index (κ2) is 5.19. The van der Waals surface area contributed by atoms with E-state index in [9.17, 15) is 10.1 Å². The molecule has 0 heterocycles. The van der Waals surface area contributed by atoms with Crippen molar-refractivity contribution in [3.63, 3.8) is 0 Å². The van der Waals surface area contributed by atoms with Crippen LogP contribution in [0.15, 0.2) is 18.2 Å². The monoisotopic (exact) mass is 210 g/mol. The van der Waals surface area contributed by atoms with Gasteiger partial charge in [-0.3, -0.25) is 10.1 Å². The van der Waals surface area contributed by atoms with Gasteiger partial charge >= 0.3 is 5.69 Å². The summed E-state index contributed by atoms with van der Waals surface area (Å²) in [6.45, 7) is 4.94. The lowest BCUT2D eigenvalue weighted by Crippen LogP contribution is -2.00. The molecule has 0 bridgehead atoms. The van der Waals surface area contributed by atoms with E-state index in [1.165, 1.54) is 6.07 Å². The highest BCUT2D eigenvalue weighted by Gasteiger charge is 2.14. The van der Waals surface area contributed by atoms with Crippen LogP contribution in [0, 0.1) is 10.1 Å². The van der Waals surface area contributed by atoms with Gasteiger partial charge < -0.3 is 10.1 Å². The summed E-state index contributed by atoms with van der Waals surface area (Å²) < 4.78 is 5.20. The van der Waals surface area contributed by atoms with Crippen LogP contribution in [-0.2, 0) is 0 Å². The molecule has 0 unspecified atom stereocenters. The van der Waals surface area contributed by atoms with Gasteiger partial charge in [-0.2, -0.15) is 0 Å². The Balaban J connectivity index is 3.03. The van der Waals surface area contributed by atoms with Crippen molar-refractivity contribution in [2.24, 2.45) is 0 Å². The highest BCUT2D eigenvalue weighted by atomic mass is 16.6. The predicted octanol–water partition coefficient (Wildman–Crippen LogP) is 2.43. The van der Waals surface area contributed by atoms with E-state index in [1.54, 1.807) is 19.1 Å². The molecule has 5 heteroatoms. The molecule has 0 aliphatic heterocycles. The van der Waals surface area contributed by atoms with Crippen molar-refractivity contribution in [3.8, 4) is 5.75 Å². The van der Waals surface area contributed by atoms with Crippen LogP contribution in [0.25, 0.3) is 0 Å². The van der Waals surface area contributed by atoms with Crippen LogP contribution in [-0.4, -0.2) is 18.1 Å². The Bertz CT molecular complexity index is 353. The Kier molecular flexibility index (Phi) is 3.91. The Morgan fingerprint density at radius 1 is 1.47 bits per heavy atom. The Labute approximate surface area is 88.2 Å². The molecule has 0 spiro atoms. The van der Waals surface area contributed by atoms with Gasteiger partial charge in [0.05, 0.1) is 11.5 Å². The first-order valence-corrected chi connectivity index (χ1v) is 4.84. The minimum atomic E-state index is -0.444. The van der Waals surface area contributed by atoms with Gasteiger partial charge in [-0.25, -0.2) is 0 Å². The minimum absolute atomic E-state index is 0.00139. The lowest BCUT2D eigenvalue weighted by atomic mass is 10.2. The van der Waals surface area contributed by atoms with E-state index >= 15 is 0 Å². The largest absolute Gasteiger partial charge is 0.487 e. The van der Waals surface area contributed by atoms with Crippen LogP contribution >= 0.6 is 0 Å². The van der Waals surface area contributed by atoms with Crippen LogP contribution in [0.3, 0.4) is 0 Å². The normalized spacial score (nSPS) is 9.73. The molecule has 0 saturated heterocycles. The summed E-state index contributed by atoms with van der Waals surface area (Å²) in [5.41, 5.74) is 0.824. The number of hydrogen-bond donors (Lipinski definition) is 1. The second-order valence-corrected chi connectivity index (χ2v) is 2.90. The van der Waals surface area contributed by atoms with Crippen LogP contribution in [0.1, 0.15) is 13.8 Å². The summed E-state index contributed by atoms with van der Waals surface area (Å²) in [5, 5.41) is 13.7. The molecule has 0 fully saturated rings. The molecule has 1 aromatic rings. The van der Waals surface area contributed by atoms with Crippen LogP contribution in [0.4, 0.5) is 11.4 Å². The summed E-state index contributed by atoms with van der Waals surface area (Å²) >= 11 is 0. The first kappa shape index (κ1) is 11.3. The number of hydrogen-bond acceptors (Lipinski definition) is 4. The van der Waals surface area contributed by atoms with Gasteiger partial charge in [0.25, 0.3) is 0 Å². The molecule has 0 amide bonds. The third-order valence-corrected chi connectivity index (χ3v) is 1.84. The van der Waals surface area contributed by atoms with Crippen LogP contribution < -0.4 is 10.1 Å². The zero-order chi connectivity index (χ0) is 11.3. The number of nitro benzene ring substituents is 1. The number of nitrogens with zero attached hydrogens (tertiary/aromatic N) is 1. The Hall–Kier alpha value is -1.78. The Morgan fingerprint density at radius 3 is 2.73 bits per heavy atom. The van der Waals surface area contributed by atoms with E-state index < -0.39 is 4.92 Å². The van der Waals surface area contributed by atoms with E-state index in [0.29, 0.717) is 12.4 Å². The summed E-state index contributed by atoms with van der Waals surface area (Å²) in [6, 6.07) is 4.76. The Morgan fingerprint density at radius 2 is 2.20 bits per heavy atom. The van der Waals surface area contributed by atoms with Gasteiger partial charge in [0.15, 0.2) is 5.75 Å². The molecule has 1 N–H and O–H groups in total. The third kappa shape index (κ3) is 2.83. The van der Waals surface area contributed by atoms with Gasteiger partial charge in [-0.05, 0) is 19.9 Å². The maximum atomic E-state index is 10.7. The van der Waals surface area contributed by atoms with E-state index in [4.69, 9.17) is 4.74 Å². The molecule has 0 saturated carbocycles. The van der Waals surface area contributed by atoms with Crippen molar-refractivity contribution in [1.82, 2.24) is 0 Å². The maximum absolute atomic E-state index is 10.7. The maximum Gasteiger partial charge on any atom is 0.311 e. The van der Waals surface area contributed by atoms with E-state index in [0.717, 1.165) is 12.2 Å². The molecule has 0 aliphatic rings. The molecule has 1 rings (SSSR count). The van der Waals surface area contributed by atoms with Gasteiger partial charge in [0, 0.05) is 24.4 Å². The van der Waals surface area contributed by atoms with Gasteiger partial charge in [-0.1, -0.05) is 0 Å². The highest BCUT2D eigenvalue weighted by Crippen LogP contribution is 2.29. The second-order valence-electron chi connectivity index (χ2n) is 2.90. The molecule has 0 atom stereocenters. The quantitative estimate of drug-likeness (QED) is 0.598. The fourth-order valence-electron chi connectivity index (χ4n) is 1.25. The SMILES string of the molecule is CCNc1ccc([N+](=O)[O-])c(OCC)c1. The molecule has 82 valence electrons. The molecule has 5 nitrogen and oxygen atoms in total. The van der Waals surface area contributed by atoms with Gasteiger partial charge in [0.2, 0.25) is 0 Å². The third-order valence-electron chi connectivity index (χ3n) is 1.84. The molecule has 0 aliphatic carbocycles.